The summed E-state index contributed by atoms with van der Waals surface area (Å²) in [6, 6.07) is 8.65. The molecular formula is C13H12N2. The minimum absolute atomic E-state index is 0.503. The first kappa shape index (κ1) is 8.60. The second kappa shape index (κ2) is 3.46. The zero-order chi connectivity index (χ0) is 10.1. The standard InChI is InChI=1S/C13H12N2/c1-2-4-12-10(3-1)5-6-11(12)9-13-14-7-8-15-13/h1-4,7-9,11H,5-6H2. The molecule has 0 saturated heterocycles. The molecule has 1 atom stereocenters. The van der Waals surface area contributed by atoms with Crippen molar-refractivity contribution in [3.05, 3.63) is 47.3 Å². The molecular weight excluding hydrogens is 184 g/mol. The van der Waals surface area contributed by atoms with Gasteiger partial charge in [0.2, 0.25) is 0 Å². The SMILES string of the molecule is C1=NC(=CC2CCc3ccccc32)N=C1. The van der Waals surface area contributed by atoms with Crippen LogP contribution in [0.5, 0.6) is 0 Å². The van der Waals surface area contributed by atoms with Crippen molar-refractivity contribution in [2.45, 2.75) is 18.8 Å². The normalized spacial score (nSPS) is 22.1. The summed E-state index contributed by atoms with van der Waals surface area (Å²) in [6.45, 7) is 0. The van der Waals surface area contributed by atoms with E-state index in [0.717, 1.165) is 5.82 Å². The molecule has 2 nitrogen and oxygen atoms in total. The Morgan fingerprint density at radius 3 is 2.80 bits per heavy atom. The minimum Gasteiger partial charge on any atom is -0.236 e. The summed E-state index contributed by atoms with van der Waals surface area (Å²) in [5.74, 6) is 1.36. The molecule has 2 aliphatic rings. The van der Waals surface area contributed by atoms with Gasteiger partial charge in [0.1, 0.15) is 5.82 Å². The number of benzene rings is 1. The minimum atomic E-state index is 0.503. The fourth-order valence-electron chi connectivity index (χ4n) is 2.28. The fourth-order valence-corrected chi connectivity index (χ4v) is 2.28. The molecule has 1 aromatic carbocycles. The molecule has 1 heterocycles. The first-order chi connectivity index (χ1) is 7.43. The molecule has 74 valence electrons. The van der Waals surface area contributed by atoms with Gasteiger partial charge < -0.3 is 0 Å². The highest BCUT2D eigenvalue weighted by Gasteiger charge is 2.20. The van der Waals surface area contributed by atoms with Gasteiger partial charge in [-0.15, -0.1) is 0 Å². The molecule has 0 saturated carbocycles. The van der Waals surface area contributed by atoms with Crippen LogP contribution >= 0.6 is 0 Å². The van der Waals surface area contributed by atoms with E-state index in [1.54, 1.807) is 12.4 Å². The summed E-state index contributed by atoms with van der Waals surface area (Å²) >= 11 is 0. The summed E-state index contributed by atoms with van der Waals surface area (Å²) in [4.78, 5) is 8.37. The van der Waals surface area contributed by atoms with Crippen LogP contribution in [0, 0.1) is 0 Å². The smallest absolute Gasteiger partial charge is 0.148 e. The molecule has 0 radical (unpaired) electrons. The predicted molar refractivity (Wildman–Crippen MR) is 62.6 cm³/mol. The van der Waals surface area contributed by atoms with Crippen LogP contribution in [0.4, 0.5) is 0 Å². The molecule has 1 unspecified atom stereocenters. The van der Waals surface area contributed by atoms with Crippen LogP contribution in [0.2, 0.25) is 0 Å². The van der Waals surface area contributed by atoms with Gasteiger partial charge in [0.25, 0.3) is 0 Å². The van der Waals surface area contributed by atoms with Crippen LogP contribution in [-0.2, 0) is 6.42 Å². The first-order valence-electron chi connectivity index (χ1n) is 5.30. The number of hydrogen-bond acceptors (Lipinski definition) is 2. The molecule has 3 rings (SSSR count). The van der Waals surface area contributed by atoms with Gasteiger partial charge in [-0.2, -0.15) is 0 Å². The molecule has 0 bridgehead atoms. The average molecular weight is 196 g/mol. The molecule has 0 amide bonds. The van der Waals surface area contributed by atoms with Crippen LogP contribution in [-0.4, -0.2) is 12.4 Å². The van der Waals surface area contributed by atoms with Gasteiger partial charge in [0.15, 0.2) is 0 Å². The Balaban J connectivity index is 1.94. The zero-order valence-electron chi connectivity index (χ0n) is 8.43. The van der Waals surface area contributed by atoms with Crippen molar-refractivity contribution >= 4 is 12.4 Å². The van der Waals surface area contributed by atoms with Crippen molar-refractivity contribution in [1.29, 1.82) is 0 Å². The van der Waals surface area contributed by atoms with Crippen LogP contribution in [0.15, 0.2) is 46.1 Å². The maximum Gasteiger partial charge on any atom is 0.148 e. The van der Waals surface area contributed by atoms with Crippen molar-refractivity contribution in [3.8, 4) is 0 Å². The third kappa shape index (κ3) is 1.52. The third-order valence-corrected chi connectivity index (χ3v) is 3.01. The molecule has 0 fully saturated rings. The van der Waals surface area contributed by atoms with Crippen molar-refractivity contribution in [2.75, 3.05) is 0 Å². The Morgan fingerprint density at radius 2 is 1.93 bits per heavy atom. The lowest BCUT2D eigenvalue weighted by molar-refractivity contribution is 0.806. The highest BCUT2D eigenvalue weighted by atomic mass is 15.0. The van der Waals surface area contributed by atoms with Gasteiger partial charge >= 0.3 is 0 Å². The Bertz CT molecular complexity index is 455. The van der Waals surface area contributed by atoms with Crippen molar-refractivity contribution in [1.82, 2.24) is 0 Å². The van der Waals surface area contributed by atoms with E-state index in [4.69, 9.17) is 0 Å². The van der Waals surface area contributed by atoms with E-state index in [0.29, 0.717) is 5.92 Å². The van der Waals surface area contributed by atoms with E-state index in [-0.39, 0.29) is 0 Å². The molecule has 0 N–H and O–H groups in total. The quantitative estimate of drug-likeness (QED) is 0.659. The van der Waals surface area contributed by atoms with Crippen LogP contribution in [0.1, 0.15) is 23.5 Å². The number of allylic oxidation sites excluding steroid dienone is 1. The second-order valence-corrected chi connectivity index (χ2v) is 3.93. The van der Waals surface area contributed by atoms with Crippen LogP contribution in [0.3, 0.4) is 0 Å². The van der Waals surface area contributed by atoms with Gasteiger partial charge in [-0.05, 0) is 30.0 Å². The maximum atomic E-state index is 4.19. The average Bonchev–Trinajstić information content (AvgIpc) is 2.89. The largest absolute Gasteiger partial charge is 0.236 e. The molecule has 1 aromatic rings. The Hall–Kier alpha value is -1.70. The molecule has 2 heteroatoms. The number of fused-ring (bicyclic) bond motifs is 1. The highest BCUT2D eigenvalue weighted by Crippen LogP contribution is 2.34. The Labute approximate surface area is 89.1 Å². The first-order valence-corrected chi connectivity index (χ1v) is 5.30. The van der Waals surface area contributed by atoms with Crippen molar-refractivity contribution in [2.24, 2.45) is 9.98 Å². The summed E-state index contributed by atoms with van der Waals surface area (Å²) in [5, 5.41) is 0. The van der Waals surface area contributed by atoms with Gasteiger partial charge in [0.05, 0.1) is 0 Å². The summed E-state index contributed by atoms with van der Waals surface area (Å²) < 4.78 is 0. The van der Waals surface area contributed by atoms with Gasteiger partial charge in [-0.3, -0.25) is 0 Å². The number of aryl methyl sites for hydroxylation is 1. The molecule has 15 heavy (non-hydrogen) atoms. The van der Waals surface area contributed by atoms with E-state index in [9.17, 15) is 0 Å². The summed E-state index contributed by atoms with van der Waals surface area (Å²) in [7, 11) is 0. The maximum absolute atomic E-state index is 4.19. The highest BCUT2D eigenvalue weighted by molar-refractivity contribution is 6.18. The molecule has 1 aliphatic heterocycles. The number of hydrogen-bond donors (Lipinski definition) is 0. The molecule has 1 aliphatic carbocycles. The van der Waals surface area contributed by atoms with E-state index >= 15 is 0 Å². The Kier molecular flexibility index (Phi) is 1.98. The van der Waals surface area contributed by atoms with E-state index < -0.39 is 0 Å². The van der Waals surface area contributed by atoms with E-state index in [2.05, 4.69) is 40.3 Å². The number of rotatable bonds is 1. The number of aliphatic imine (C=N–C) groups is 2. The summed E-state index contributed by atoms with van der Waals surface area (Å²) in [6.07, 6.45) is 8.02. The topological polar surface area (TPSA) is 24.7 Å². The van der Waals surface area contributed by atoms with Gasteiger partial charge in [-0.25, -0.2) is 9.98 Å². The lowest BCUT2D eigenvalue weighted by Gasteiger charge is -2.05. The lowest BCUT2D eigenvalue weighted by atomic mass is 10.0. The Morgan fingerprint density at radius 1 is 1.13 bits per heavy atom. The van der Waals surface area contributed by atoms with Crippen molar-refractivity contribution < 1.29 is 0 Å². The lowest BCUT2D eigenvalue weighted by Crippen LogP contribution is -1.89. The van der Waals surface area contributed by atoms with Crippen molar-refractivity contribution in [3.63, 3.8) is 0 Å². The predicted octanol–water partition coefficient (Wildman–Crippen LogP) is 2.71. The second-order valence-electron chi connectivity index (χ2n) is 3.93. The zero-order valence-corrected chi connectivity index (χ0v) is 8.43. The molecule has 0 spiro atoms. The monoisotopic (exact) mass is 196 g/mol. The van der Waals surface area contributed by atoms with Crippen LogP contribution < -0.4 is 0 Å². The summed E-state index contributed by atoms with van der Waals surface area (Å²) in [5.41, 5.74) is 2.92. The van der Waals surface area contributed by atoms with E-state index in [1.165, 1.54) is 24.0 Å². The fraction of sp³-hybridized carbons (Fsp3) is 0.231. The van der Waals surface area contributed by atoms with Crippen LogP contribution in [0.25, 0.3) is 0 Å². The van der Waals surface area contributed by atoms with Gasteiger partial charge in [-0.1, -0.05) is 24.3 Å². The van der Waals surface area contributed by atoms with Gasteiger partial charge in [0, 0.05) is 18.3 Å². The molecule has 0 aromatic heterocycles. The number of nitrogens with zero attached hydrogens (tertiary/aromatic N) is 2. The third-order valence-electron chi connectivity index (χ3n) is 3.01. The van der Waals surface area contributed by atoms with E-state index in [1.807, 2.05) is 0 Å².